The zero-order chi connectivity index (χ0) is 20.5. The van der Waals surface area contributed by atoms with Crippen molar-refractivity contribution in [3.8, 4) is 0 Å². The zero-order valence-corrected chi connectivity index (χ0v) is 19.7. The molecule has 0 spiro atoms. The fourth-order valence-corrected chi connectivity index (χ4v) is 4.20. The lowest BCUT2D eigenvalue weighted by Crippen LogP contribution is -2.48. The molecule has 0 bridgehead atoms. The number of quaternary nitrogens is 1. The van der Waals surface area contributed by atoms with Crippen LogP contribution in [0.2, 0.25) is 0 Å². The van der Waals surface area contributed by atoms with Crippen LogP contribution >= 0.6 is 0 Å². The van der Waals surface area contributed by atoms with E-state index in [1.165, 1.54) is 108 Å². The average molecular weight is 389 g/mol. The standard InChI is InChI=1S/C27H50N/c1-5-6-7-8-9-10-11-12-13-14-15-16-17-18-20-23-26(2)28(3,4)27-24-21-19-22-25-27/h19,21-22,24-26H,5-18,20,23H2,1-4H3/q+1. The van der Waals surface area contributed by atoms with E-state index in [2.05, 4.69) is 58.3 Å². The fraction of sp³-hybridized carbons (Fsp3) is 0.778. The van der Waals surface area contributed by atoms with Gasteiger partial charge in [-0.3, -0.25) is 4.48 Å². The minimum Gasteiger partial charge on any atom is -0.294 e. The summed E-state index contributed by atoms with van der Waals surface area (Å²) in [4.78, 5) is 0. The van der Waals surface area contributed by atoms with E-state index in [1.807, 2.05) is 0 Å². The highest BCUT2D eigenvalue weighted by molar-refractivity contribution is 5.41. The van der Waals surface area contributed by atoms with E-state index in [0.717, 1.165) is 4.48 Å². The van der Waals surface area contributed by atoms with Gasteiger partial charge in [-0.15, -0.1) is 0 Å². The summed E-state index contributed by atoms with van der Waals surface area (Å²) >= 11 is 0. The van der Waals surface area contributed by atoms with Crippen LogP contribution in [0, 0.1) is 0 Å². The first kappa shape index (κ1) is 25.2. The van der Waals surface area contributed by atoms with Crippen molar-refractivity contribution in [3.05, 3.63) is 30.3 Å². The Bertz CT molecular complexity index is 451. The Morgan fingerprint density at radius 2 is 1.00 bits per heavy atom. The van der Waals surface area contributed by atoms with Crippen LogP contribution in [0.15, 0.2) is 30.3 Å². The topological polar surface area (TPSA) is 0 Å². The molecule has 1 atom stereocenters. The molecule has 0 aliphatic heterocycles. The molecule has 0 N–H and O–H groups in total. The first-order chi connectivity index (χ1) is 13.6. The summed E-state index contributed by atoms with van der Waals surface area (Å²) in [6, 6.07) is 11.7. The quantitative estimate of drug-likeness (QED) is 0.174. The van der Waals surface area contributed by atoms with Crippen molar-refractivity contribution < 1.29 is 0 Å². The first-order valence-corrected chi connectivity index (χ1v) is 12.5. The third-order valence-electron chi connectivity index (χ3n) is 6.75. The molecule has 1 heteroatoms. The van der Waals surface area contributed by atoms with Gasteiger partial charge in [-0.1, -0.05) is 115 Å². The van der Waals surface area contributed by atoms with Gasteiger partial charge in [0.25, 0.3) is 0 Å². The highest BCUT2D eigenvalue weighted by atomic mass is 15.3. The summed E-state index contributed by atoms with van der Waals surface area (Å²) in [7, 11) is 4.70. The Morgan fingerprint density at radius 3 is 1.43 bits per heavy atom. The van der Waals surface area contributed by atoms with Gasteiger partial charge in [0.1, 0.15) is 5.69 Å². The van der Waals surface area contributed by atoms with Crippen molar-refractivity contribution in [2.75, 3.05) is 14.1 Å². The van der Waals surface area contributed by atoms with Gasteiger partial charge in [-0.25, -0.2) is 0 Å². The molecule has 0 saturated carbocycles. The summed E-state index contributed by atoms with van der Waals surface area (Å²) in [5.41, 5.74) is 1.43. The van der Waals surface area contributed by atoms with Crippen LogP contribution in [-0.2, 0) is 0 Å². The Labute approximate surface area is 177 Å². The molecule has 28 heavy (non-hydrogen) atoms. The van der Waals surface area contributed by atoms with Crippen LogP contribution in [0.4, 0.5) is 5.69 Å². The van der Waals surface area contributed by atoms with Gasteiger partial charge in [-0.05, 0) is 31.9 Å². The van der Waals surface area contributed by atoms with E-state index in [0.29, 0.717) is 6.04 Å². The highest BCUT2D eigenvalue weighted by Crippen LogP contribution is 2.24. The van der Waals surface area contributed by atoms with Gasteiger partial charge >= 0.3 is 0 Å². The molecule has 0 aliphatic carbocycles. The Balaban J connectivity index is 1.91. The Hall–Kier alpha value is -0.820. The summed E-state index contributed by atoms with van der Waals surface area (Å²) in [6.07, 6.45) is 23.0. The molecule has 0 amide bonds. The molecule has 0 aromatic heterocycles. The normalized spacial score (nSPS) is 13.0. The van der Waals surface area contributed by atoms with E-state index in [9.17, 15) is 0 Å². The van der Waals surface area contributed by atoms with Crippen LogP contribution in [-0.4, -0.2) is 20.1 Å². The SMILES string of the molecule is CCCCCCCCCCCCCCCCCC(C)[N+](C)(C)c1ccccc1. The summed E-state index contributed by atoms with van der Waals surface area (Å²) in [6.45, 7) is 4.71. The molecule has 1 aromatic carbocycles. The fourth-order valence-electron chi connectivity index (χ4n) is 4.20. The van der Waals surface area contributed by atoms with Crippen molar-refractivity contribution in [2.24, 2.45) is 0 Å². The molecule has 1 unspecified atom stereocenters. The molecule has 0 heterocycles. The van der Waals surface area contributed by atoms with Crippen LogP contribution < -0.4 is 4.48 Å². The third-order valence-corrected chi connectivity index (χ3v) is 6.75. The van der Waals surface area contributed by atoms with Crippen LogP contribution in [0.1, 0.15) is 117 Å². The van der Waals surface area contributed by atoms with Crippen molar-refractivity contribution in [1.82, 2.24) is 4.48 Å². The van der Waals surface area contributed by atoms with Gasteiger partial charge in [0.05, 0.1) is 20.1 Å². The average Bonchev–Trinajstić information content (AvgIpc) is 2.71. The lowest BCUT2D eigenvalue weighted by Gasteiger charge is -2.35. The number of nitrogens with zero attached hydrogens (tertiary/aromatic N) is 1. The van der Waals surface area contributed by atoms with Gasteiger partial charge in [0.2, 0.25) is 0 Å². The van der Waals surface area contributed by atoms with E-state index in [-0.39, 0.29) is 0 Å². The number of para-hydroxylation sites is 1. The number of hydrogen-bond acceptors (Lipinski definition) is 0. The van der Waals surface area contributed by atoms with Crippen LogP contribution in [0.3, 0.4) is 0 Å². The number of hydrogen-bond donors (Lipinski definition) is 0. The smallest absolute Gasteiger partial charge is 0.132 e. The maximum absolute atomic E-state index is 2.41. The second kappa shape index (κ2) is 16.0. The minimum atomic E-state index is 0.685. The molecular weight excluding hydrogens is 338 g/mol. The van der Waals surface area contributed by atoms with E-state index < -0.39 is 0 Å². The lowest BCUT2D eigenvalue weighted by atomic mass is 10.0. The van der Waals surface area contributed by atoms with Crippen LogP contribution in [0.5, 0.6) is 0 Å². The monoisotopic (exact) mass is 388 g/mol. The molecule has 1 aromatic rings. The molecule has 0 radical (unpaired) electrons. The van der Waals surface area contributed by atoms with Gasteiger partial charge in [0.15, 0.2) is 0 Å². The Morgan fingerprint density at radius 1 is 0.607 bits per heavy atom. The molecule has 0 fully saturated rings. The molecule has 1 rings (SSSR count). The molecule has 0 saturated heterocycles. The molecule has 162 valence electrons. The van der Waals surface area contributed by atoms with Crippen molar-refractivity contribution in [1.29, 1.82) is 0 Å². The maximum atomic E-state index is 2.41. The van der Waals surface area contributed by atoms with E-state index in [4.69, 9.17) is 0 Å². The maximum Gasteiger partial charge on any atom is 0.132 e. The predicted molar refractivity (Wildman–Crippen MR) is 129 cm³/mol. The second-order valence-electron chi connectivity index (χ2n) is 9.46. The third kappa shape index (κ3) is 11.2. The first-order valence-electron chi connectivity index (χ1n) is 12.5. The molecule has 1 nitrogen and oxygen atoms in total. The molecule has 0 aliphatic rings. The second-order valence-corrected chi connectivity index (χ2v) is 9.46. The summed E-state index contributed by atoms with van der Waals surface area (Å²) in [5, 5.41) is 0. The van der Waals surface area contributed by atoms with Crippen molar-refractivity contribution in [3.63, 3.8) is 0 Å². The van der Waals surface area contributed by atoms with Gasteiger partial charge < -0.3 is 0 Å². The largest absolute Gasteiger partial charge is 0.294 e. The van der Waals surface area contributed by atoms with E-state index in [1.54, 1.807) is 0 Å². The lowest BCUT2D eigenvalue weighted by molar-refractivity contribution is 0.288. The molecular formula is C27H50N+. The zero-order valence-electron chi connectivity index (χ0n) is 19.7. The number of rotatable bonds is 18. The van der Waals surface area contributed by atoms with Crippen molar-refractivity contribution >= 4 is 5.69 Å². The van der Waals surface area contributed by atoms with Crippen molar-refractivity contribution in [2.45, 2.75) is 123 Å². The minimum absolute atomic E-state index is 0.685. The number of benzene rings is 1. The van der Waals surface area contributed by atoms with Crippen LogP contribution in [0.25, 0.3) is 0 Å². The van der Waals surface area contributed by atoms with Gasteiger partial charge in [0, 0.05) is 0 Å². The predicted octanol–water partition coefficient (Wildman–Crippen LogP) is 8.90. The number of unbranched alkanes of at least 4 members (excludes halogenated alkanes) is 14. The highest BCUT2D eigenvalue weighted by Gasteiger charge is 2.25. The summed E-state index contributed by atoms with van der Waals surface area (Å²) < 4.78 is 0.999. The van der Waals surface area contributed by atoms with Gasteiger partial charge in [-0.2, -0.15) is 0 Å². The van der Waals surface area contributed by atoms with E-state index >= 15 is 0 Å². The summed E-state index contributed by atoms with van der Waals surface area (Å²) in [5.74, 6) is 0. The Kier molecular flexibility index (Phi) is 14.4.